The molecule has 0 spiro atoms. The molecule has 0 atom stereocenters. The molecule has 0 fully saturated rings. The summed E-state index contributed by atoms with van der Waals surface area (Å²) in [6, 6.07) is 16.2. The molecule has 0 heterocycles. The number of nitrogens with one attached hydrogen (secondary N) is 1. The van der Waals surface area contributed by atoms with Gasteiger partial charge in [-0.15, -0.1) is 0 Å². The van der Waals surface area contributed by atoms with Gasteiger partial charge in [0.25, 0.3) is 5.91 Å². The van der Waals surface area contributed by atoms with Gasteiger partial charge in [0, 0.05) is 10.3 Å². The first-order valence-electron chi connectivity index (χ1n) is 9.51. The summed E-state index contributed by atoms with van der Waals surface area (Å²) in [4.78, 5) is 24.3. The van der Waals surface area contributed by atoms with Crippen LogP contribution >= 0.6 is 11.8 Å². The first-order valence-corrected chi connectivity index (χ1v) is 10.3. The number of amides is 1. The molecule has 0 radical (unpaired) electrons. The van der Waals surface area contributed by atoms with Crippen molar-refractivity contribution in [2.75, 3.05) is 0 Å². The van der Waals surface area contributed by atoms with Crippen molar-refractivity contribution in [1.29, 1.82) is 0 Å². The Kier molecular flexibility index (Phi) is 6.68. The molecule has 2 N–H and O–H groups in total. The fourth-order valence-corrected chi connectivity index (χ4v) is 3.46. The quantitative estimate of drug-likeness (QED) is 0.445. The van der Waals surface area contributed by atoms with Crippen molar-refractivity contribution in [1.82, 2.24) is 5.32 Å². The molecular weight excluding hydrogens is 443 g/mol. The number of benzene rings is 3. The molecule has 0 aliphatic carbocycles. The minimum atomic E-state index is -4.37. The number of hydrogen-bond acceptors (Lipinski definition) is 4. The van der Waals surface area contributed by atoms with Gasteiger partial charge in [0.15, 0.2) is 0 Å². The predicted octanol–water partition coefficient (Wildman–Crippen LogP) is 5.62. The van der Waals surface area contributed by atoms with Gasteiger partial charge in [0.05, 0.1) is 5.56 Å². The van der Waals surface area contributed by atoms with Crippen molar-refractivity contribution in [2.24, 2.45) is 0 Å². The van der Waals surface area contributed by atoms with Crippen LogP contribution in [0.4, 0.5) is 13.2 Å². The van der Waals surface area contributed by atoms with Crippen LogP contribution in [-0.4, -0.2) is 28.0 Å². The van der Waals surface area contributed by atoms with Gasteiger partial charge in [-0.1, -0.05) is 42.5 Å². The molecule has 5 nitrogen and oxygen atoms in total. The van der Waals surface area contributed by atoms with E-state index >= 15 is 0 Å². The van der Waals surface area contributed by atoms with E-state index in [1.165, 1.54) is 38.1 Å². The molecule has 0 aliphatic heterocycles. The number of hydrogen-bond donors (Lipinski definition) is 2. The second-order valence-electron chi connectivity index (χ2n) is 7.53. The smallest absolute Gasteiger partial charge is 0.446 e. The largest absolute Gasteiger partial charge is 0.487 e. The molecule has 0 aromatic heterocycles. The summed E-state index contributed by atoms with van der Waals surface area (Å²) < 4.78 is 43.5. The third-order valence-corrected chi connectivity index (χ3v) is 5.36. The molecule has 0 bridgehead atoms. The van der Waals surface area contributed by atoms with Crippen LogP contribution < -0.4 is 10.1 Å². The number of alkyl halides is 3. The molecule has 0 unspecified atom stereocenters. The van der Waals surface area contributed by atoms with Crippen molar-refractivity contribution >= 4 is 34.4 Å². The van der Waals surface area contributed by atoms with Crippen LogP contribution in [0.15, 0.2) is 65.6 Å². The van der Waals surface area contributed by atoms with Crippen LogP contribution in [0.1, 0.15) is 29.8 Å². The summed E-state index contributed by atoms with van der Waals surface area (Å²) in [6.45, 7) is 2.75. The first-order chi connectivity index (χ1) is 15.0. The zero-order valence-electron chi connectivity index (χ0n) is 17.2. The minimum Gasteiger partial charge on any atom is -0.487 e. The summed E-state index contributed by atoms with van der Waals surface area (Å²) >= 11 is -0.202. The van der Waals surface area contributed by atoms with Crippen molar-refractivity contribution in [3.63, 3.8) is 0 Å². The number of thioether (sulfide) groups is 1. The van der Waals surface area contributed by atoms with Gasteiger partial charge in [-0.05, 0) is 54.8 Å². The zero-order chi connectivity index (χ0) is 23.5. The van der Waals surface area contributed by atoms with Gasteiger partial charge in [-0.2, -0.15) is 13.2 Å². The number of rotatable bonds is 7. The van der Waals surface area contributed by atoms with Crippen molar-refractivity contribution in [2.45, 2.75) is 36.4 Å². The number of carbonyl (C=O) groups excluding carboxylic acids is 1. The van der Waals surface area contributed by atoms with Gasteiger partial charge < -0.3 is 15.2 Å². The number of ether oxygens (including phenoxy) is 1. The molecule has 168 valence electrons. The van der Waals surface area contributed by atoms with E-state index in [0.717, 1.165) is 5.39 Å². The second-order valence-corrected chi connectivity index (χ2v) is 8.67. The van der Waals surface area contributed by atoms with E-state index < -0.39 is 22.9 Å². The number of halogens is 3. The highest BCUT2D eigenvalue weighted by molar-refractivity contribution is 8.00. The van der Waals surface area contributed by atoms with Crippen LogP contribution in [0.5, 0.6) is 5.75 Å². The van der Waals surface area contributed by atoms with Crippen LogP contribution in [0.2, 0.25) is 0 Å². The SMILES string of the molecule is CC(C)(NC(=O)c1ccc2ccccc2c1OCc1ccc(SC(F)(F)F)cc1)C(=O)O. The van der Waals surface area contributed by atoms with E-state index in [9.17, 15) is 27.9 Å². The number of carboxylic acid groups (broad SMARTS) is 1. The van der Waals surface area contributed by atoms with Gasteiger partial charge in [-0.3, -0.25) is 4.79 Å². The molecule has 3 aromatic carbocycles. The first kappa shape index (κ1) is 23.5. The predicted molar refractivity (Wildman–Crippen MR) is 116 cm³/mol. The molecular formula is C23H20F3NO4S. The van der Waals surface area contributed by atoms with E-state index in [2.05, 4.69) is 5.32 Å². The third kappa shape index (κ3) is 5.73. The summed E-state index contributed by atoms with van der Waals surface area (Å²) in [5.74, 6) is -1.54. The number of fused-ring (bicyclic) bond motifs is 1. The molecule has 1 amide bonds. The second kappa shape index (κ2) is 9.12. The molecule has 32 heavy (non-hydrogen) atoms. The van der Waals surface area contributed by atoms with Crippen molar-refractivity contribution < 1.29 is 32.6 Å². The van der Waals surface area contributed by atoms with Crippen LogP contribution in [-0.2, 0) is 11.4 Å². The van der Waals surface area contributed by atoms with Crippen LogP contribution in [0, 0.1) is 0 Å². The molecule has 3 rings (SSSR count). The molecule has 0 aliphatic rings. The molecule has 3 aromatic rings. The maximum absolute atomic E-state index is 12.9. The fraction of sp³-hybridized carbons (Fsp3) is 0.217. The van der Waals surface area contributed by atoms with E-state index in [1.807, 2.05) is 12.1 Å². The molecule has 9 heteroatoms. The standard InChI is InChI=1S/C23H20F3NO4S/c1-22(2,21(29)30)27-20(28)18-12-9-15-5-3-4-6-17(15)19(18)31-13-14-7-10-16(11-8-14)32-23(24,25)26/h3-12H,13H2,1-2H3,(H,27,28)(H,29,30). The summed E-state index contributed by atoms with van der Waals surface area (Å²) in [6.07, 6.45) is 0. The van der Waals surface area contributed by atoms with Gasteiger partial charge in [0.1, 0.15) is 17.9 Å². The lowest BCUT2D eigenvalue weighted by atomic mass is 10.0. The lowest BCUT2D eigenvalue weighted by Gasteiger charge is -2.22. The maximum atomic E-state index is 12.9. The Balaban J connectivity index is 1.88. The van der Waals surface area contributed by atoms with E-state index in [1.54, 1.807) is 24.3 Å². The lowest BCUT2D eigenvalue weighted by molar-refractivity contribution is -0.143. The zero-order valence-corrected chi connectivity index (χ0v) is 18.0. The Morgan fingerprint density at radius 2 is 1.66 bits per heavy atom. The summed E-state index contributed by atoms with van der Waals surface area (Å²) in [5, 5.41) is 13.2. The van der Waals surface area contributed by atoms with Crippen LogP contribution in [0.3, 0.4) is 0 Å². The van der Waals surface area contributed by atoms with Crippen molar-refractivity contribution in [3.8, 4) is 5.75 Å². The van der Waals surface area contributed by atoms with E-state index in [0.29, 0.717) is 10.9 Å². The summed E-state index contributed by atoms with van der Waals surface area (Å²) in [7, 11) is 0. The Labute approximate surface area is 186 Å². The lowest BCUT2D eigenvalue weighted by Crippen LogP contribution is -2.49. The van der Waals surface area contributed by atoms with Gasteiger partial charge in [-0.25, -0.2) is 4.79 Å². The highest BCUT2D eigenvalue weighted by Crippen LogP contribution is 2.37. The number of carboxylic acids is 1. The van der Waals surface area contributed by atoms with Crippen molar-refractivity contribution in [3.05, 3.63) is 71.8 Å². The highest BCUT2D eigenvalue weighted by Gasteiger charge is 2.31. The fourth-order valence-electron chi connectivity index (χ4n) is 2.92. The maximum Gasteiger partial charge on any atom is 0.446 e. The third-order valence-electron chi connectivity index (χ3n) is 4.63. The topological polar surface area (TPSA) is 75.6 Å². The van der Waals surface area contributed by atoms with Crippen LogP contribution in [0.25, 0.3) is 10.8 Å². The number of carbonyl (C=O) groups is 2. The highest BCUT2D eigenvalue weighted by atomic mass is 32.2. The normalized spacial score (nSPS) is 11.9. The summed E-state index contributed by atoms with van der Waals surface area (Å²) in [5.41, 5.74) is -5.09. The average Bonchev–Trinajstić information content (AvgIpc) is 2.71. The Hall–Kier alpha value is -3.20. The van der Waals surface area contributed by atoms with Gasteiger partial charge in [0.2, 0.25) is 0 Å². The average molecular weight is 463 g/mol. The van der Waals surface area contributed by atoms with Gasteiger partial charge >= 0.3 is 11.5 Å². The minimum absolute atomic E-state index is 0.00752. The van der Waals surface area contributed by atoms with E-state index in [4.69, 9.17) is 4.74 Å². The Morgan fingerprint density at radius 1 is 1.00 bits per heavy atom. The Morgan fingerprint density at radius 3 is 2.28 bits per heavy atom. The van der Waals surface area contributed by atoms with E-state index in [-0.39, 0.29) is 34.6 Å². The molecule has 0 saturated carbocycles. The Bertz CT molecular complexity index is 1140. The molecule has 0 saturated heterocycles. The number of aliphatic carboxylic acids is 1. The monoisotopic (exact) mass is 463 g/mol.